The van der Waals surface area contributed by atoms with Crippen LogP contribution < -0.4 is 35.4 Å². The number of unbranched alkanes of at least 4 members (excludes halogenated alkanes) is 1. The number of pyridine rings is 4. The van der Waals surface area contributed by atoms with E-state index in [9.17, 15) is 19.5 Å². The zero-order valence-corrected chi connectivity index (χ0v) is 39.5. The average Bonchev–Trinajstić information content (AvgIpc) is 4.14. The van der Waals surface area contributed by atoms with Crippen LogP contribution in [0.15, 0.2) is 70.8 Å². The van der Waals surface area contributed by atoms with Crippen molar-refractivity contribution in [2.45, 2.75) is 110 Å². The number of fused-ring (bicyclic) bond motifs is 4. The molecule has 0 amide bonds. The number of aliphatic hydroxyl groups excluding tert-OH is 1. The van der Waals surface area contributed by atoms with E-state index in [1.807, 2.05) is 38.0 Å². The maximum absolute atomic E-state index is 13.2. The largest absolute Gasteiger partial charge is 2.00 e. The van der Waals surface area contributed by atoms with E-state index in [1.165, 1.54) is 0 Å². The molecule has 1 atom stereocenters. The minimum Gasteiger partial charge on any atom is -1.00 e. The maximum atomic E-state index is 13.2. The Morgan fingerprint density at radius 2 is 1.13 bits per heavy atom. The summed E-state index contributed by atoms with van der Waals surface area (Å²) in [5.41, 5.74) is 6.14. The Morgan fingerprint density at radius 3 is 1.54 bits per heavy atom. The first-order valence-corrected chi connectivity index (χ1v) is 20.7. The predicted octanol–water partition coefficient (Wildman–Crippen LogP) is 3.81. The monoisotopic (exact) mass is 1020 g/mol. The van der Waals surface area contributed by atoms with Gasteiger partial charge < -0.3 is 50.4 Å². The summed E-state index contributed by atoms with van der Waals surface area (Å²) >= 11 is 12.1. The number of aliphatic hydroxyl groups is 1. The molecule has 0 bridgehead atoms. The van der Waals surface area contributed by atoms with Crippen molar-refractivity contribution >= 4 is 96.9 Å². The Hall–Kier alpha value is -4.21. The molecule has 20 heteroatoms. The molecular formula is C43H49Cl2IMgN12O4. The molecule has 0 aliphatic heterocycles. The van der Waals surface area contributed by atoms with Gasteiger partial charge in [0.15, 0.2) is 11.3 Å². The quantitative estimate of drug-likeness (QED) is 0.0421. The number of aldehydes is 1. The molecule has 0 radical (unpaired) electrons. The van der Waals surface area contributed by atoms with Crippen molar-refractivity contribution < 1.29 is 33.9 Å². The maximum Gasteiger partial charge on any atom is 2.00 e. The van der Waals surface area contributed by atoms with E-state index in [-0.39, 0.29) is 91.4 Å². The van der Waals surface area contributed by atoms with E-state index in [4.69, 9.17) is 28.2 Å². The van der Waals surface area contributed by atoms with Gasteiger partial charge in [0, 0.05) is 44.0 Å². The van der Waals surface area contributed by atoms with Gasteiger partial charge in [0.2, 0.25) is 0 Å². The van der Waals surface area contributed by atoms with Crippen LogP contribution in [0, 0.1) is 7.43 Å². The van der Waals surface area contributed by atoms with Gasteiger partial charge in [-0.2, -0.15) is 0 Å². The molecule has 2 fully saturated rings. The standard InChI is InChI=1S/C21H23ClN6O2.C20H19ClN6O2.CH4.CH3.HI.Mg/c1-13(29)3-2-10-26-16-6-7-18(22)24-20(16)25-19(26)12-27-17-11-23-9-8-15(17)28(21(27)30)14-4-5-14;21-17-6-5-15-19(23-17)24-18(25(15)9-1-2-10-28)12-26-16-11-22-8-7-14(16)27(20(26)29)13-3-4-13;;;;/h6-9,11,13-14,29H,2-5,10,12H2,1H3;5-8,10-11,13H,1-4,9,12H2;1H4;1H3;1H;/q;;;-1;;+2/p-1. The van der Waals surface area contributed by atoms with E-state index in [1.54, 1.807) is 53.0 Å². The van der Waals surface area contributed by atoms with Crippen LogP contribution in [-0.2, 0) is 31.0 Å². The van der Waals surface area contributed by atoms with Gasteiger partial charge in [-0.25, -0.2) is 29.5 Å². The molecule has 0 spiro atoms. The van der Waals surface area contributed by atoms with Crippen LogP contribution in [0.1, 0.15) is 89.4 Å². The number of rotatable bonds is 14. The first-order valence-electron chi connectivity index (χ1n) is 19.9. The van der Waals surface area contributed by atoms with Crippen LogP contribution >= 0.6 is 23.2 Å². The zero-order valence-electron chi connectivity index (χ0n) is 34.4. The molecule has 1 unspecified atom stereocenters. The molecule has 328 valence electrons. The third-order valence-corrected chi connectivity index (χ3v) is 11.4. The first kappa shape index (κ1) is 49.8. The molecule has 8 heterocycles. The van der Waals surface area contributed by atoms with Crippen LogP contribution in [0.2, 0.25) is 10.3 Å². The van der Waals surface area contributed by atoms with Crippen molar-refractivity contribution in [3.8, 4) is 0 Å². The van der Waals surface area contributed by atoms with Crippen LogP contribution in [0.4, 0.5) is 0 Å². The van der Waals surface area contributed by atoms with Gasteiger partial charge in [-0.1, -0.05) is 30.6 Å². The molecular weight excluding hydrogens is 971 g/mol. The van der Waals surface area contributed by atoms with Gasteiger partial charge >= 0.3 is 34.4 Å². The van der Waals surface area contributed by atoms with Crippen molar-refractivity contribution in [1.29, 1.82) is 0 Å². The number of hydrogen-bond acceptors (Lipinski definition) is 10. The van der Waals surface area contributed by atoms with Crippen LogP contribution in [0.5, 0.6) is 0 Å². The van der Waals surface area contributed by atoms with Crippen LogP contribution in [-0.4, -0.2) is 97.9 Å². The third-order valence-electron chi connectivity index (χ3n) is 11.0. The molecule has 2 aliphatic rings. The molecule has 1 N–H and O–H groups in total. The fourth-order valence-electron chi connectivity index (χ4n) is 7.90. The predicted molar refractivity (Wildman–Crippen MR) is 243 cm³/mol. The minimum absolute atomic E-state index is 0. The number of carbonyl (C=O) groups is 1. The smallest absolute Gasteiger partial charge is 1.00 e. The first-order chi connectivity index (χ1) is 28.7. The summed E-state index contributed by atoms with van der Waals surface area (Å²) in [5, 5.41) is 10.4. The second-order valence-corrected chi connectivity index (χ2v) is 16.1. The molecule has 2 saturated carbocycles. The second-order valence-electron chi connectivity index (χ2n) is 15.3. The molecule has 0 aromatic carbocycles. The van der Waals surface area contributed by atoms with Gasteiger partial charge in [0.1, 0.15) is 28.2 Å². The summed E-state index contributed by atoms with van der Waals surface area (Å²) in [5.74, 6) is 1.45. The average molecular weight is 1020 g/mol. The van der Waals surface area contributed by atoms with E-state index in [0.717, 1.165) is 77.3 Å². The normalized spacial score (nSPS) is 13.8. The molecule has 8 aromatic rings. The second kappa shape index (κ2) is 21.2. The number of nitrogens with zero attached hydrogens (tertiary/aromatic N) is 12. The fourth-order valence-corrected chi connectivity index (χ4v) is 8.18. The van der Waals surface area contributed by atoms with E-state index in [2.05, 4.69) is 29.5 Å². The van der Waals surface area contributed by atoms with Gasteiger partial charge in [-0.3, -0.25) is 28.2 Å². The molecule has 0 saturated heterocycles. The van der Waals surface area contributed by atoms with E-state index >= 15 is 0 Å². The van der Waals surface area contributed by atoms with Crippen molar-refractivity contribution in [2.24, 2.45) is 0 Å². The summed E-state index contributed by atoms with van der Waals surface area (Å²) in [7, 11) is 0. The van der Waals surface area contributed by atoms with Gasteiger partial charge in [0.05, 0.1) is 64.7 Å². The van der Waals surface area contributed by atoms with Crippen molar-refractivity contribution in [2.75, 3.05) is 0 Å². The summed E-state index contributed by atoms with van der Waals surface area (Å²) < 4.78 is 11.3. The molecule has 63 heavy (non-hydrogen) atoms. The number of carbonyl (C=O) groups excluding carboxylic acids is 1. The molecule has 10 rings (SSSR count). The summed E-state index contributed by atoms with van der Waals surface area (Å²) in [6, 6.07) is 11.6. The Morgan fingerprint density at radius 1 is 0.683 bits per heavy atom. The Balaban J connectivity index is 0.000000223. The van der Waals surface area contributed by atoms with Gasteiger partial charge in [-0.05, 0) is 88.3 Å². The Bertz CT molecular complexity index is 2980. The third kappa shape index (κ3) is 10.2. The van der Waals surface area contributed by atoms with E-state index < -0.39 is 0 Å². The fraction of sp³-hybridized carbons (Fsp3) is 0.395. The number of aromatic nitrogens is 12. The Labute approximate surface area is 406 Å². The van der Waals surface area contributed by atoms with Crippen LogP contribution in [0.25, 0.3) is 44.4 Å². The van der Waals surface area contributed by atoms with Crippen LogP contribution in [0.3, 0.4) is 0 Å². The molecule has 8 aromatic heterocycles. The summed E-state index contributed by atoms with van der Waals surface area (Å²) in [6.45, 7) is 3.70. The summed E-state index contributed by atoms with van der Waals surface area (Å²) in [4.78, 5) is 63.7. The van der Waals surface area contributed by atoms with Crippen molar-refractivity contribution in [3.63, 3.8) is 0 Å². The van der Waals surface area contributed by atoms with Crippen molar-refractivity contribution in [3.05, 3.63) is 112 Å². The number of hydrogen-bond donors (Lipinski definition) is 1. The molecule has 2 aliphatic carbocycles. The number of halogens is 3. The van der Waals surface area contributed by atoms with Gasteiger partial charge in [-0.15, -0.1) is 0 Å². The zero-order chi connectivity index (χ0) is 40.8. The Kier molecular flexibility index (Phi) is 16.7. The number of imidazole rings is 4. The minimum atomic E-state index is -0.360. The summed E-state index contributed by atoms with van der Waals surface area (Å²) in [6.07, 6.45) is 14.2. The van der Waals surface area contributed by atoms with E-state index in [0.29, 0.717) is 72.9 Å². The van der Waals surface area contributed by atoms with Gasteiger partial charge in [0.25, 0.3) is 0 Å². The molecule has 16 nitrogen and oxygen atoms in total. The number of aryl methyl sites for hydroxylation is 2. The SMILES string of the molecule is C.CC(O)CCCn1c(Cn2c(=O)n(C3CC3)c3ccncc32)nc2nc(Cl)ccc21.O=CCCCn1c(Cn2c(=O)n(C3CC3)c3ccncc32)nc2nc(Cl)ccc21.[CH3-].[I-].[Mg+2]. The topological polar surface area (TPSA) is 178 Å². The van der Waals surface area contributed by atoms with Crippen molar-refractivity contribution in [1.82, 2.24) is 57.3 Å².